The zero-order chi connectivity index (χ0) is 30.2. The highest BCUT2D eigenvalue weighted by atomic mass is 15.0. The van der Waals surface area contributed by atoms with Crippen LogP contribution in [0.15, 0.2) is 156 Å². The molecule has 0 aliphatic carbocycles. The van der Waals surface area contributed by atoms with Crippen molar-refractivity contribution in [1.29, 1.82) is 0 Å². The largest absolute Gasteiger partial charge is 0.383 e. The maximum absolute atomic E-state index is 6.45. The van der Waals surface area contributed by atoms with Crippen molar-refractivity contribution in [3.8, 4) is 5.69 Å². The quantitative estimate of drug-likeness (QED) is 0.149. The summed E-state index contributed by atoms with van der Waals surface area (Å²) in [5, 5.41) is 4.91. The molecule has 45 heavy (non-hydrogen) atoms. The highest BCUT2D eigenvalue weighted by molar-refractivity contribution is 6.22. The number of para-hydroxylation sites is 2. The molecule has 0 amide bonds. The summed E-state index contributed by atoms with van der Waals surface area (Å²) in [7, 11) is 0. The van der Waals surface area contributed by atoms with Gasteiger partial charge in [0.15, 0.2) is 0 Å². The molecule has 8 aromatic rings. The number of nitrogens with zero attached hydrogens (tertiary/aromatic N) is 3. The number of aromatic amines is 1. The predicted octanol–water partition coefficient (Wildman–Crippen LogP) is 8.96. The number of nitrogens with two attached hydrogens (primary N) is 1. The van der Waals surface area contributed by atoms with Crippen molar-refractivity contribution in [2.45, 2.75) is 13.0 Å². The average Bonchev–Trinajstić information content (AvgIpc) is 3.64. The Kier molecular flexibility index (Phi) is 6.69. The molecular weight excluding hydrogens is 550 g/mol. The van der Waals surface area contributed by atoms with E-state index >= 15 is 0 Å². The van der Waals surface area contributed by atoms with Crippen molar-refractivity contribution in [2.24, 2.45) is 15.7 Å². The lowest BCUT2D eigenvalue weighted by molar-refractivity contribution is 1.03. The van der Waals surface area contributed by atoms with Crippen LogP contribution in [-0.4, -0.2) is 21.2 Å². The molecule has 6 aromatic carbocycles. The molecule has 0 saturated carbocycles. The number of fused-ring (bicyclic) bond motifs is 7. The molecule has 2 heterocycles. The van der Waals surface area contributed by atoms with Crippen molar-refractivity contribution >= 4 is 55.3 Å². The molecule has 216 valence electrons. The van der Waals surface area contributed by atoms with E-state index in [1.807, 2.05) is 48.5 Å². The smallest absolute Gasteiger partial charge is 0.132 e. The second kappa shape index (κ2) is 11.3. The molecule has 0 bridgehead atoms. The standard InChI is InChI=1S/C40H31N5/c41-40(29-15-5-2-6-16-29)44-37(25-27-12-3-1-4-13-27)42-26-28-14-11-17-30(24-28)45-36-21-10-8-19-32(36)34-23-22-33-31-18-7-9-20-35(31)43-38(33)39(34)45/h1-24,43H,25-26H2,(H2,41,42,44). The minimum Gasteiger partial charge on any atom is -0.383 e. The number of aliphatic imine (C=N–C) groups is 2. The third-order valence-electron chi connectivity index (χ3n) is 8.45. The lowest BCUT2D eigenvalue weighted by Crippen LogP contribution is -2.16. The lowest BCUT2D eigenvalue weighted by atomic mass is 10.1. The van der Waals surface area contributed by atoms with Crippen LogP contribution in [0.2, 0.25) is 0 Å². The van der Waals surface area contributed by atoms with Gasteiger partial charge in [-0.25, -0.2) is 4.99 Å². The number of hydrogen-bond acceptors (Lipinski definition) is 1. The Hall–Kier alpha value is -5.94. The minimum atomic E-state index is 0.465. The summed E-state index contributed by atoms with van der Waals surface area (Å²) in [6.07, 6.45) is 0.597. The monoisotopic (exact) mass is 581 g/mol. The summed E-state index contributed by atoms with van der Waals surface area (Å²) in [5.74, 6) is 1.16. The molecule has 0 spiro atoms. The fourth-order valence-electron chi connectivity index (χ4n) is 6.34. The van der Waals surface area contributed by atoms with Gasteiger partial charge in [-0.3, -0.25) is 4.99 Å². The number of amidine groups is 2. The summed E-state index contributed by atoms with van der Waals surface area (Å²) >= 11 is 0. The van der Waals surface area contributed by atoms with Crippen LogP contribution in [0.25, 0.3) is 49.3 Å². The lowest BCUT2D eigenvalue weighted by Gasteiger charge is -2.11. The summed E-state index contributed by atoms with van der Waals surface area (Å²) < 4.78 is 2.38. The van der Waals surface area contributed by atoms with Gasteiger partial charge in [0.25, 0.3) is 0 Å². The topological polar surface area (TPSA) is 71.5 Å². The normalized spacial score (nSPS) is 12.5. The Morgan fingerprint density at radius 2 is 1.31 bits per heavy atom. The van der Waals surface area contributed by atoms with Crippen molar-refractivity contribution in [3.05, 3.63) is 162 Å². The van der Waals surface area contributed by atoms with Gasteiger partial charge in [-0.15, -0.1) is 0 Å². The number of rotatable bonds is 6. The van der Waals surface area contributed by atoms with Crippen LogP contribution < -0.4 is 5.73 Å². The van der Waals surface area contributed by atoms with Crippen molar-refractivity contribution < 1.29 is 0 Å². The zero-order valence-corrected chi connectivity index (χ0v) is 24.7. The maximum atomic E-state index is 6.45. The number of benzene rings is 6. The van der Waals surface area contributed by atoms with Gasteiger partial charge in [-0.1, -0.05) is 121 Å². The maximum Gasteiger partial charge on any atom is 0.132 e. The minimum absolute atomic E-state index is 0.465. The van der Waals surface area contributed by atoms with Crippen LogP contribution in [0, 0.1) is 0 Å². The first-order valence-corrected chi connectivity index (χ1v) is 15.2. The Morgan fingerprint density at radius 1 is 0.622 bits per heavy atom. The highest BCUT2D eigenvalue weighted by Gasteiger charge is 2.17. The van der Waals surface area contributed by atoms with E-state index in [4.69, 9.17) is 15.7 Å². The highest BCUT2D eigenvalue weighted by Crippen LogP contribution is 2.38. The molecule has 0 aliphatic heterocycles. The third-order valence-corrected chi connectivity index (χ3v) is 8.45. The molecule has 0 fully saturated rings. The van der Waals surface area contributed by atoms with E-state index in [2.05, 4.69) is 107 Å². The molecule has 3 N–H and O–H groups in total. The molecule has 8 rings (SSSR count). The second-order valence-electron chi connectivity index (χ2n) is 11.3. The first-order valence-electron chi connectivity index (χ1n) is 15.2. The van der Waals surface area contributed by atoms with E-state index < -0.39 is 0 Å². The molecule has 0 aliphatic rings. The summed E-state index contributed by atoms with van der Waals surface area (Å²) in [6.45, 7) is 0.487. The average molecular weight is 582 g/mol. The van der Waals surface area contributed by atoms with E-state index in [9.17, 15) is 0 Å². The van der Waals surface area contributed by atoms with Gasteiger partial charge in [0.1, 0.15) is 11.7 Å². The van der Waals surface area contributed by atoms with Gasteiger partial charge in [-0.2, -0.15) is 0 Å². The van der Waals surface area contributed by atoms with Crippen LogP contribution in [0.3, 0.4) is 0 Å². The number of hydrogen-bond donors (Lipinski definition) is 2. The van der Waals surface area contributed by atoms with Crippen LogP contribution in [0.4, 0.5) is 0 Å². The third kappa shape index (κ3) is 4.94. The molecular formula is C40H31N5. The van der Waals surface area contributed by atoms with E-state index in [0.29, 0.717) is 24.6 Å². The van der Waals surface area contributed by atoms with Gasteiger partial charge < -0.3 is 15.3 Å². The molecule has 5 heteroatoms. The zero-order valence-electron chi connectivity index (χ0n) is 24.7. The molecule has 0 unspecified atom stereocenters. The Morgan fingerprint density at radius 3 is 2.16 bits per heavy atom. The summed E-state index contributed by atoms with van der Waals surface area (Å²) in [5.41, 5.74) is 15.3. The number of nitrogens with one attached hydrogen (secondary N) is 1. The fraction of sp³-hybridized carbons (Fsp3) is 0.0500. The Bertz CT molecular complexity index is 2380. The van der Waals surface area contributed by atoms with Crippen LogP contribution in [0.5, 0.6) is 0 Å². The van der Waals surface area contributed by atoms with Gasteiger partial charge in [0.2, 0.25) is 0 Å². The van der Waals surface area contributed by atoms with Gasteiger partial charge >= 0.3 is 0 Å². The fourth-order valence-corrected chi connectivity index (χ4v) is 6.34. The number of aromatic nitrogens is 2. The molecule has 0 radical (unpaired) electrons. The Balaban J connectivity index is 1.24. The van der Waals surface area contributed by atoms with Crippen LogP contribution in [-0.2, 0) is 13.0 Å². The van der Waals surface area contributed by atoms with Gasteiger partial charge in [0.05, 0.1) is 23.1 Å². The van der Waals surface area contributed by atoms with Crippen molar-refractivity contribution in [2.75, 3.05) is 0 Å². The SMILES string of the molecule is N/C(=N\C(Cc1ccccc1)=N/Cc1cccc(-n2c3ccccc3c3ccc4c5ccccc5[nH]c4c32)c1)c1ccccc1. The van der Waals surface area contributed by atoms with Crippen LogP contribution >= 0.6 is 0 Å². The van der Waals surface area contributed by atoms with E-state index in [-0.39, 0.29) is 0 Å². The summed E-state index contributed by atoms with van der Waals surface area (Å²) in [4.78, 5) is 13.5. The van der Waals surface area contributed by atoms with Crippen molar-refractivity contribution in [3.63, 3.8) is 0 Å². The molecule has 5 nitrogen and oxygen atoms in total. The second-order valence-corrected chi connectivity index (χ2v) is 11.3. The predicted molar refractivity (Wildman–Crippen MR) is 189 cm³/mol. The van der Waals surface area contributed by atoms with Gasteiger partial charge in [-0.05, 0) is 35.4 Å². The molecule has 2 aromatic heterocycles. The van der Waals surface area contributed by atoms with E-state index in [1.165, 1.54) is 32.6 Å². The van der Waals surface area contributed by atoms with Crippen LogP contribution in [0.1, 0.15) is 16.7 Å². The van der Waals surface area contributed by atoms with E-state index in [1.54, 1.807) is 0 Å². The first kappa shape index (κ1) is 26.7. The molecule has 0 atom stereocenters. The molecule has 0 saturated heterocycles. The Labute approximate surface area is 261 Å². The van der Waals surface area contributed by atoms with E-state index in [0.717, 1.165) is 33.4 Å². The summed E-state index contributed by atoms with van der Waals surface area (Å²) in [6, 6.07) is 50.5. The van der Waals surface area contributed by atoms with Crippen molar-refractivity contribution in [1.82, 2.24) is 9.55 Å². The first-order chi connectivity index (χ1) is 22.2. The number of H-pyrrole nitrogens is 1. The van der Waals surface area contributed by atoms with Gasteiger partial charge in [0, 0.05) is 44.7 Å².